The number of anilines is 1. The van der Waals surface area contributed by atoms with Crippen LogP contribution >= 0.6 is 0 Å². The van der Waals surface area contributed by atoms with Crippen LogP contribution in [0.5, 0.6) is 5.75 Å². The van der Waals surface area contributed by atoms with E-state index in [0.717, 1.165) is 6.07 Å². The first-order chi connectivity index (χ1) is 12.6. The summed E-state index contributed by atoms with van der Waals surface area (Å²) in [5.74, 6) is -0.0340. The van der Waals surface area contributed by atoms with Gasteiger partial charge in [0.1, 0.15) is 18.4 Å². The van der Waals surface area contributed by atoms with Crippen molar-refractivity contribution in [2.45, 2.75) is 38.9 Å². The Balaban J connectivity index is 1.87. The molecule has 0 bridgehead atoms. The standard InChI is InChI=1S/C18H21F3N4O2/c1-9(17(3)7-22-8-17)11-4-13-14(5-12(11)18(19,20)21)27-6-15-23-24-16(26)10(2)25(13)15/h4-5,9-10,22H,6-8H2,1-3H3,(H,24,26)/t9-,10+/m0/s1. The van der Waals surface area contributed by atoms with Crippen LogP contribution in [0.3, 0.4) is 0 Å². The normalized spacial score (nSPS) is 24.7. The van der Waals surface area contributed by atoms with E-state index in [1.165, 1.54) is 6.07 Å². The lowest BCUT2D eigenvalue weighted by molar-refractivity contribution is -0.138. The van der Waals surface area contributed by atoms with Gasteiger partial charge in [-0.15, -0.1) is 0 Å². The topological polar surface area (TPSA) is 66.0 Å². The summed E-state index contributed by atoms with van der Waals surface area (Å²) in [7, 11) is 0. The maximum atomic E-state index is 13.8. The fourth-order valence-electron chi connectivity index (χ4n) is 3.89. The second-order valence-electron chi connectivity index (χ2n) is 7.72. The van der Waals surface area contributed by atoms with E-state index in [9.17, 15) is 18.0 Å². The fourth-order valence-corrected chi connectivity index (χ4v) is 3.89. The van der Waals surface area contributed by atoms with E-state index >= 15 is 0 Å². The summed E-state index contributed by atoms with van der Waals surface area (Å²) in [6.45, 7) is 6.82. The molecule has 1 aromatic carbocycles. The average Bonchev–Trinajstić information content (AvgIpc) is 2.59. The lowest BCUT2D eigenvalue weighted by Crippen LogP contribution is -2.56. The van der Waals surface area contributed by atoms with Gasteiger partial charge in [-0.1, -0.05) is 13.8 Å². The maximum Gasteiger partial charge on any atom is 0.416 e. The smallest absolute Gasteiger partial charge is 0.416 e. The summed E-state index contributed by atoms with van der Waals surface area (Å²) in [5, 5.41) is 7.13. The summed E-state index contributed by atoms with van der Waals surface area (Å²) >= 11 is 0. The van der Waals surface area contributed by atoms with E-state index in [0.29, 0.717) is 24.6 Å². The van der Waals surface area contributed by atoms with Crippen LogP contribution in [0, 0.1) is 5.41 Å². The first kappa shape index (κ1) is 18.1. The van der Waals surface area contributed by atoms with E-state index in [2.05, 4.69) is 15.8 Å². The van der Waals surface area contributed by atoms with Gasteiger partial charge in [-0.05, 0) is 36.0 Å². The highest BCUT2D eigenvalue weighted by Crippen LogP contribution is 2.48. The number of hydrogen-bond acceptors (Lipinski definition) is 5. The number of benzene rings is 1. The van der Waals surface area contributed by atoms with Gasteiger partial charge in [0.15, 0.2) is 5.84 Å². The second-order valence-corrected chi connectivity index (χ2v) is 7.72. The molecule has 2 N–H and O–H groups in total. The van der Waals surface area contributed by atoms with Crippen molar-refractivity contribution in [2.75, 3.05) is 24.6 Å². The lowest BCUT2D eigenvalue weighted by atomic mass is 9.69. The highest BCUT2D eigenvalue weighted by Gasteiger charge is 2.45. The summed E-state index contributed by atoms with van der Waals surface area (Å²) in [6, 6.07) is 2.00. The zero-order valence-corrected chi connectivity index (χ0v) is 15.3. The zero-order chi connectivity index (χ0) is 19.6. The summed E-state index contributed by atoms with van der Waals surface area (Å²) in [5.41, 5.74) is 2.14. The van der Waals surface area contributed by atoms with Gasteiger partial charge in [-0.2, -0.15) is 18.3 Å². The third kappa shape index (κ3) is 2.75. The number of halogens is 3. The van der Waals surface area contributed by atoms with Crippen molar-refractivity contribution < 1.29 is 22.7 Å². The summed E-state index contributed by atoms with van der Waals surface area (Å²) in [4.78, 5) is 13.7. The van der Waals surface area contributed by atoms with Crippen LogP contribution in [0.25, 0.3) is 0 Å². The highest BCUT2D eigenvalue weighted by atomic mass is 19.4. The molecule has 1 saturated heterocycles. The van der Waals surface area contributed by atoms with Crippen molar-refractivity contribution in [1.29, 1.82) is 0 Å². The second kappa shape index (κ2) is 5.85. The van der Waals surface area contributed by atoms with E-state index in [1.807, 2.05) is 13.8 Å². The number of hydrogen-bond donors (Lipinski definition) is 2. The number of hydrazone groups is 1. The molecule has 1 amide bonds. The van der Waals surface area contributed by atoms with Gasteiger partial charge in [0.05, 0.1) is 11.3 Å². The molecule has 3 aliphatic rings. The molecule has 27 heavy (non-hydrogen) atoms. The molecule has 0 unspecified atom stereocenters. The summed E-state index contributed by atoms with van der Waals surface area (Å²) in [6.07, 6.45) is -4.49. The maximum absolute atomic E-state index is 13.8. The van der Waals surface area contributed by atoms with Crippen LogP contribution in [0.1, 0.15) is 37.8 Å². The van der Waals surface area contributed by atoms with Crippen molar-refractivity contribution >= 4 is 17.4 Å². The van der Waals surface area contributed by atoms with E-state index in [-0.39, 0.29) is 35.2 Å². The van der Waals surface area contributed by atoms with Gasteiger partial charge in [-0.25, -0.2) is 5.43 Å². The quantitative estimate of drug-likeness (QED) is 0.825. The number of ether oxygens (including phenoxy) is 1. The Kier molecular flexibility index (Phi) is 3.92. The molecule has 0 aromatic heterocycles. The van der Waals surface area contributed by atoms with Crippen LogP contribution in [0.2, 0.25) is 0 Å². The van der Waals surface area contributed by atoms with Crippen molar-refractivity contribution in [3.05, 3.63) is 23.3 Å². The largest absolute Gasteiger partial charge is 0.483 e. The van der Waals surface area contributed by atoms with Crippen molar-refractivity contribution in [3.63, 3.8) is 0 Å². The number of amides is 1. The number of rotatable bonds is 2. The molecule has 3 heterocycles. The molecule has 1 aromatic rings. The predicted octanol–water partition coefficient (Wildman–Crippen LogP) is 2.45. The van der Waals surface area contributed by atoms with E-state index < -0.39 is 17.8 Å². The molecule has 1 fully saturated rings. The molecule has 6 nitrogen and oxygen atoms in total. The molecule has 4 rings (SSSR count). The highest BCUT2D eigenvalue weighted by molar-refractivity contribution is 6.09. The number of nitrogens with zero attached hydrogens (tertiary/aromatic N) is 2. The predicted molar refractivity (Wildman–Crippen MR) is 93.8 cm³/mol. The van der Waals surface area contributed by atoms with Gasteiger partial charge in [-0.3, -0.25) is 4.79 Å². The number of amidine groups is 1. The van der Waals surface area contributed by atoms with Gasteiger partial charge >= 0.3 is 6.18 Å². The van der Waals surface area contributed by atoms with Crippen molar-refractivity contribution in [2.24, 2.45) is 10.5 Å². The Labute approximate surface area is 154 Å². The molecular weight excluding hydrogens is 361 g/mol. The number of carbonyl (C=O) groups excluding carboxylic acids is 1. The minimum atomic E-state index is -4.49. The van der Waals surface area contributed by atoms with Gasteiger partial charge in [0, 0.05) is 13.1 Å². The van der Waals surface area contributed by atoms with Crippen LogP contribution in [0.15, 0.2) is 17.2 Å². The SMILES string of the molecule is C[C@@H]1C(=O)NN=C2COc3cc(C(F)(F)F)c([C@H](C)C4(C)CNC4)cc3N21. The Hall–Kier alpha value is -2.29. The van der Waals surface area contributed by atoms with Crippen molar-refractivity contribution in [3.8, 4) is 5.75 Å². The minimum absolute atomic E-state index is 0.00541. The Morgan fingerprint density at radius 2 is 2.07 bits per heavy atom. The van der Waals surface area contributed by atoms with Crippen molar-refractivity contribution in [1.82, 2.24) is 10.7 Å². The third-order valence-corrected chi connectivity index (χ3v) is 5.96. The zero-order valence-electron chi connectivity index (χ0n) is 15.3. The minimum Gasteiger partial charge on any atom is -0.483 e. The number of alkyl halides is 3. The van der Waals surface area contributed by atoms with Gasteiger partial charge < -0.3 is 15.0 Å². The molecule has 0 spiro atoms. The summed E-state index contributed by atoms with van der Waals surface area (Å²) < 4.78 is 46.9. The molecule has 0 saturated carbocycles. The molecule has 9 heteroatoms. The molecular formula is C18H21F3N4O2. The number of carbonyl (C=O) groups is 1. The van der Waals surface area contributed by atoms with Crippen LogP contribution < -0.4 is 20.4 Å². The van der Waals surface area contributed by atoms with E-state index in [4.69, 9.17) is 4.74 Å². The average molecular weight is 382 g/mol. The fraction of sp³-hybridized carbons (Fsp3) is 0.556. The lowest BCUT2D eigenvalue weighted by Gasteiger charge is -2.46. The van der Waals surface area contributed by atoms with Crippen LogP contribution in [0.4, 0.5) is 18.9 Å². The number of fused-ring (bicyclic) bond motifs is 3. The van der Waals surface area contributed by atoms with Gasteiger partial charge in [0.25, 0.3) is 5.91 Å². The molecule has 3 aliphatic heterocycles. The first-order valence-corrected chi connectivity index (χ1v) is 8.86. The third-order valence-electron chi connectivity index (χ3n) is 5.96. The monoisotopic (exact) mass is 382 g/mol. The Morgan fingerprint density at radius 3 is 2.67 bits per heavy atom. The molecule has 2 atom stereocenters. The Morgan fingerprint density at radius 1 is 1.37 bits per heavy atom. The number of nitrogens with one attached hydrogen (secondary N) is 2. The Bertz CT molecular complexity index is 833. The van der Waals surface area contributed by atoms with Crippen LogP contribution in [-0.2, 0) is 11.0 Å². The molecule has 0 radical (unpaired) electrons. The van der Waals surface area contributed by atoms with Gasteiger partial charge in [0.2, 0.25) is 0 Å². The van der Waals surface area contributed by atoms with Crippen LogP contribution in [-0.4, -0.2) is 37.5 Å². The molecule has 0 aliphatic carbocycles. The van der Waals surface area contributed by atoms with E-state index in [1.54, 1.807) is 11.8 Å². The first-order valence-electron chi connectivity index (χ1n) is 8.86. The molecule has 146 valence electrons.